The van der Waals surface area contributed by atoms with E-state index in [1.807, 2.05) is 0 Å². The number of hydrogen-bond acceptors (Lipinski definition) is 2. The van der Waals surface area contributed by atoms with Gasteiger partial charge in [-0.25, -0.2) is 9.97 Å². The van der Waals surface area contributed by atoms with Gasteiger partial charge in [0.25, 0.3) is 0 Å². The van der Waals surface area contributed by atoms with Gasteiger partial charge in [0.1, 0.15) is 5.82 Å². The van der Waals surface area contributed by atoms with Crippen molar-refractivity contribution in [2.75, 3.05) is 0 Å². The molecule has 5 aromatic carbocycles. The first-order valence-corrected chi connectivity index (χ1v) is 18.4. The summed E-state index contributed by atoms with van der Waals surface area (Å²) in [5.74, 6) is 1.67. The molecule has 0 spiro atoms. The lowest BCUT2D eigenvalue weighted by atomic mass is 9.88. The van der Waals surface area contributed by atoms with Crippen LogP contribution in [0.25, 0.3) is 71.8 Å². The molecule has 1 fully saturated rings. The van der Waals surface area contributed by atoms with Crippen molar-refractivity contribution in [1.82, 2.24) is 19.1 Å². The van der Waals surface area contributed by atoms with Gasteiger partial charge in [0.15, 0.2) is 0 Å². The zero-order chi connectivity index (χ0) is 34.4. The van der Waals surface area contributed by atoms with Crippen LogP contribution in [0.4, 0.5) is 0 Å². The summed E-state index contributed by atoms with van der Waals surface area (Å²) >= 11 is 0. The molecular weight excluding hydrogens is 633 g/mol. The van der Waals surface area contributed by atoms with Crippen LogP contribution in [-0.4, -0.2) is 19.1 Å². The quantitative estimate of drug-likeness (QED) is 0.183. The van der Waals surface area contributed by atoms with Crippen molar-refractivity contribution in [2.45, 2.75) is 25.2 Å². The third kappa shape index (κ3) is 4.34. The molecule has 3 aliphatic rings. The molecule has 3 aliphatic carbocycles. The summed E-state index contributed by atoms with van der Waals surface area (Å²) in [6, 6.07) is 46.0. The summed E-state index contributed by atoms with van der Waals surface area (Å²) in [4.78, 5) is 10.7. The molecule has 4 nitrogen and oxygen atoms in total. The Balaban J connectivity index is 1.03. The molecule has 4 heteroatoms. The Bertz CT molecular complexity index is 2770. The Morgan fingerprint density at radius 2 is 1.15 bits per heavy atom. The van der Waals surface area contributed by atoms with Crippen LogP contribution in [0.3, 0.4) is 0 Å². The standard InChI is InChI=1S/C48H36N4/c1-31-28-35(52-45-19-8-4-15-39(45)40-16-5-9-20-46(40)52)25-26-36(31)42-29-41(49-47(50-42)48-27-11-10-12-33(48)30-48)32-21-23-34(24-22-32)51-43-17-6-2-13-37(43)38-14-3-7-18-44(38)51/h2-27,29,31,33H,28,30H2,1H3. The zero-order valence-electron chi connectivity index (χ0n) is 28.9. The van der Waals surface area contributed by atoms with Crippen LogP contribution in [0, 0.1) is 11.8 Å². The Morgan fingerprint density at radius 1 is 0.596 bits per heavy atom. The van der Waals surface area contributed by atoms with Gasteiger partial charge in [-0.1, -0.05) is 122 Å². The number of fused-ring (bicyclic) bond motifs is 7. The maximum Gasteiger partial charge on any atom is 0.140 e. The van der Waals surface area contributed by atoms with E-state index in [-0.39, 0.29) is 11.3 Å². The molecule has 248 valence electrons. The molecule has 0 radical (unpaired) electrons. The van der Waals surface area contributed by atoms with Gasteiger partial charge in [0, 0.05) is 38.5 Å². The number of nitrogens with zero attached hydrogens (tertiary/aromatic N) is 4. The van der Waals surface area contributed by atoms with Gasteiger partial charge in [-0.05, 0) is 78.8 Å². The number of para-hydroxylation sites is 4. The first-order valence-electron chi connectivity index (χ1n) is 18.4. The van der Waals surface area contributed by atoms with E-state index in [0.29, 0.717) is 5.92 Å². The van der Waals surface area contributed by atoms with Crippen molar-refractivity contribution in [2.24, 2.45) is 11.8 Å². The molecule has 3 heterocycles. The molecule has 3 atom stereocenters. The van der Waals surface area contributed by atoms with Gasteiger partial charge in [-0.3, -0.25) is 0 Å². The van der Waals surface area contributed by atoms with Crippen molar-refractivity contribution in [3.8, 4) is 16.9 Å². The Hall–Kier alpha value is -6.26. The molecule has 8 aromatic rings. The minimum absolute atomic E-state index is 0.120. The van der Waals surface area contributed by atoms with E-state index in [1.54, 1.807) is 0 Å². The van der Waals surface area contributed by atoms with E-state index in [2.05, 4.69) is 180 Å². The van der Waals surface area contributed by atoms with Gasteiger partial charge in [-0.2, -0.15) is 0 Å². The SMILES string of the molecule is CC1CC(n2c3ccccc3c3ccccc32)=CC=C1c1cc(-c2ccc(-n3c4ccccc4c4ccccc43)cc2)nc(C23C=CC=CC2C3)n1. The number of benzene rings is 5. The second-order valence-electron chi connectivity index (χ2n) is 14.7. The van der Waals surface area contributed by atoms with Crippen LogP contribution in [0.15, 0.2) is 164 Å². The number of hydrogen-bond donors (Lipinski definition) is 0. The second kappa shape index (κ2) is 11.1. The zero-order valence-corrected chi connectivity index (χ0v) is 28.9. The smallest absolute Gasteiger partial charge is 0.140 e. The van der Waals surface area contributed by atoms with Crippen LogP contribution in [0.2, 0.25) is 0 Å². The summed E-state index contributed by atoms with van der Waals surface area (Å²) in [7, 11) is 0. The number of allylic oxidation sites excluding steroid dienone is 8. The van der Waals surface area contributed by atoms with Gasteiger partial charge >= 0.3 is 0 Å². The van der Waals surface area contributed by atoms with Crippen LogP contribution in [-0.2, 0) is 5.41 Å². The van der Waals surface area contributed by atoms with Crippen molar-refractivity contribution in [3.63, 3.8) is 0 Å². The Kier molecular flexibility index (Phi) is 6.30. The van der Waals surface area contributed by atoms with Crippen LogP contribution < -0.4 is 0 Å². The normalized spacial score (nSPS) is 20.8. The summed E-state index contributed by atoms with van der Waals surface area (Å²) in [5, 5.41) is 5.13. The predicted octanol–water partition coefficient (Wildman–Crippen LogP) is 11.7. The minimum atomic E-state index is -0.120. The number of rotatable bonds is 5. The topological polar surface area (TPSA) is 35.6 Å². The highest BCUT2D eigenvalue weighted by atomic mass is 15.0. The van der Waals surface area contributed by atoms with Crippen molar-refractivity contribution >= 4 is 54.9 Å². The molecule has 0 amide bonds. The second-order valence-corrected chi connectivity index (χ2v) is 14.7. The van der Waals surface area contributed by atoms with Crippen molar-refractivity contribution < 1.29 is 0 Å². The maximum atomic E-state index is 5.38. The molecule has 0 bridgehead atoms. The lowest BCUT2D eigenvalue weighted by Gasteiger charge is -2.24. The lowest BCUT2D eigenvalue weighted by Crippen LogP contribution is -2.16. The van der Waals surface area contributed by atoms with E-state index in [1.165, 1.54) is 54.9 Å². The fourth-order valence-corrected chi connectivity index (χ4v) is 9.00. The van der Waals surface area contributed by atoms with E-state index >= 15 is 0 Å². The molecule has 1 saturated carbocycles. The largest absolute Gasteiger partial charge is 0.313 e. The molecule has 0 saturated heterocycles. The van der Waals surface area contributed by atoms with E-state index < -0.39 is 0 Å². The van der Waals surface area contributed by atoms with Crippen molar-refractivity contribution in [3.05, 3.63) is 175 Å². The molecule has 52 heavy (non-hydrogen) atoms. The molecular formula is C48H36N4. The Labute approximate surface area is 302 Å². The molecule has 11 rings (SSSR count). The monoisotopic (exact) mass is 668 g/mol. The maximum absolute atomic E-state index is 5.38. The van der Waals surface area contributed by atoms with Crippen LogP contribution in [0.5, 0.6) is 0 Å². The van der Waals surface area contributed by atoms with E-state index in [4.69, 9.17) is 9.97 Å². The fraction of sp³-hybridized carbons (Fsp3) is 0.125. The first kappa shape index (κ1) is 29.5. The average Bonchev–Trinajstić information content (AvgIpc) is 3.75. The van der Waals surface area contributed by atoms with Gasteiger partial charge in [0.2, 0.25) is 0 Å². The predicted molar refractivity (Wildman–Crippen MR) is 215 cm³/mol. The van der Waals surface area contributed by atoms with E-state index in [9.17, 15) is 0 Å². The highest BCUT2D eigenvalue weighted by molar-refractivity contribution is 6.10. The molecule has 0 aliphatic heterocycles. The summed E-state index contributed by atoms with van der Waals surface area (Å²) in [6.07, 6.45) is 15.6. The van der Waals surface area contributed by atoms with Gasteiger partial charge in [-0.15, -0.1) is 0 Å². The first-order chi connectivity index (χ1) is 25.7. The molecule has 3 aromatic heterocycles. The van der Waals surface area contributed by atoms with Crippen molar-refractivity contribution in [1.29, 1.82) is 0 Å². The minimum Gasteiger partial charge on any atom is -0.313 e. The van der Waals surface area contributed by atoms with E-state index in [0.717, 1.165) is 41.3 Å². The fourth-order valence-electron chi connectivity index (χ4n) is 9.00. The van der Waals surface area contributed by atoms with Gasteiger partial charge < -0.3 is 9.13 Å². The third-order valence-electron chi connectivity index (χ3n) is 11.7. The van der Waals surface area contributed by atoms with Crippen LogP contribution in [0.1, 0.15) is 31.3 Å². The average molecular weight is 669 g/mol. The van der Waals surface area contributed by atoms with Gasteiger partial charge in [0.05, 0.1) is 38.9 Å². The third-order valence-corrected chi connectivity index (χ3v) is 11.7. The van der Waals surface area contributed by atoms with Crippen LogP contribution >= 0.6 is 0 Å². The highest BCUT2D eigenvalue weighted by Gasteiger charge is 2.55. The Morgan fingerprint density at radius 3 is 1.73 bits per heavy atom. The number of aromatic nitrogens is 4. The molecule has 3 unspecified atom stereocenters. The summed E-state index contributed by atoms with van der Waals surface area (Å²) in [6.45, 7) is 2.34. The highest BCUT2D eigenvalue weighted by Crippen LogP contribution is 2.57. The molecule has 0 N–H and O–H groups in total. The lowest BCUT2D eigenvalue weighted by molar-refractivity contribution is 0.719. The summed E-state index contributed by atoms with van der Waals surface area (Å²) < 4.78 is 4.82. The summed E-state index contributed by atoms with van der Waals surface area (Å²) in [5.41, 5.74) is 11.6.